The third-order valence-corrected chi connectivity index (χ3v) is 15.9. The Balaban J connectivity index is 1.19. The van der Waals surface area contributed by atoms with Crippen LogP contribution in [0.1, 0.15) is 154 Å². The summed E-state index contributed by atoms with van der Waals surface area (Å²) in [6.07, 6.45) is 19.4. The van der Waals surface area contributed by atoms with Gasteiger partial charge in [-0.25, -0.2) is 4.99 Å². The van der Waals surface area contributed by atoms with Gasteiger partial charge in [0.05, 0.1) is 25.9 Å². The first-order valence-electron chi connectivity index (χ1n) is 25.2. The highest BCUT2D eigenvalue weighted by Crippen LogP contribution is 2.59. The number of hydrogen-bond acceptors (Lipinski definition) is 9. The first kappa shape index (κ1) is 46.1. The fraction of sp³-hybridized carbons (Fsp3) is 0.544. The van der Waals surface area contributed by atoms with Crippen LogP contribution in [0.15, 0.2) is 76.8 Å². The second-order valence-corrected chi connectivity index (χ2v) is 20.7. The molecule has 9 rings (SSSR count). The molecule has 5 aliphatic carbocycles. The number of aliphatic imine (C=N–C) groups is 1. The first-order valence-corrected chi connectivity index (χ1v) is 25.2. The molecule has 3 aromatic carbocycles. The van der Waals surface area contributed by atoms with Gasteiger partial charge in [-0.15, -0.1) is 0 Å². The lowest BCUT2D eigenvalue weighted by Gasteiger charge is -2.50. The Morgan fingerprint density at radius 2 is 1.77 bits per heavy atom. The number of rotatable bonds is 12. The zero-order valence-electron chi connectivity index (χ0n) is 39.2. The number of phenols is 2. The lowest BCUT2D eigenvalue weighted by molar-refractivity contribution is -0.114. The monoisotopic (exact) mass is 894 g/mol. The highest BCUT2D eigenvalue weighted by Gasteiger charge is 2.48. The number of allylic oxidation sites excluding steroid dienone is 3. The number of methoxy groups -OCH3 is 1. The van der Waals surface area contributed by atoms with Crippen molar-refractivity contribution in [3.8, 4) is 29.1 Å². The molecule has 9 heteroatoms. The third-order valence-electron chi connectivity index (χ3n) is 15.9. The summed E-state index contributed by atoms with van der Waals surface area (Å²) in [7, 11) is 1.77. The third kappa shape index (κ3) is 10.6. The summed E-state index contributed by atoms with van der Waals surface area (Å²) < 4.78 is 13.0. The number of carbonyl (C=O) groups excluding carboxylic acids is 1. The van der Waals surface area contributed by atoms with Crippen LogP contribution in [0.5, 0.6) is 17.2 Å². The van der Waals surface area contributed by atoms with E-state index in [-0.39, 0.29) is 72.0 Å². The number of aliphatic hydroxyl groups is 1. The molecule has 3 aromatic rings. The molecule has 0 amide bonds. The number of ether oxygens (including phenoxy) is 2. The van der Waals surface area contributed by atoms with Gasteiger partial charge in [0.25, 0.3) is 0 Å². The van der Waals surface area contributed by atoms with Gasteiger partial charge in [-0.3, -0.25) is 4.79 Å². The van der Waals surface area contributed by atoms with Crippen molar-refractivity contribution >= 4 is 11.7 Å². The van der Waals surface area contributed by atoms with Crippen LogP contribution in [-0.2, 0) is 28.9 Å². The highest BCUT2D eigenvalue weighted by molar-refractivity contribution is 5.90. The van der Waals surface area contributed by atoms with E-state index in [0.717, 1.165) is 102 Å². The average Bonchev–Trinajstić information content (AvgIpc) is 4.03. The molecular weight excluding hydrogens is 823 g/mol. The Morgan fingerprint density at radius 3 is 2.58 bits per heavy atom. The predicted molar refractivity (Wildman–Crippen MR) is 261 cm³/mol. The Hall–Kier alpha value is -5.04. The summed E-state index contributed by atoms with van der Waals surface area (Å²) in [6, 6.07) is 16.4. The molecule has 350 valence electrons. The maximum absolute atomic E-state index is 13.9. The second kappa shape index (κ2) is 20.9. The van der Waals surface area contributed by atoms with E-state index in [2.05, 4.69) is 60.5 Å². The summed E-state index contributed by atoms with van der Waals surface area (Å²) >= 11 is 0. The topological polar surface area (TPSA) is 147 Å². The molecule has 0 aromatic heterocycles. The fourth-order valence-corrected chi connectivity index (χ4v) is 12.8. The molecule has 0 spiro atoms. The number of phenolic OH excluding ortho intramolecular Hbond substituents is 2. The van der Waals surface area contributed by atoms with E-state index in [1.807, 2.05) is 18.2 Å². The molecule has 1 aliphatic heterocycles. The number of aromatic hydroxyl groups is 2. The maximum atomic E-state index is 13.9. The van der Waals surface area contributed by atoms with Crippen LogP contribution in [0.4, 0.5) is 0 Å². The van der Waals surface area contributed by atoms with E-state index < -0.39 is 0 Å². The quantitative estimate of drug-likeness (QED) is 0.0686. The van der Waals surface area contributed by atoms with E-state index in [1.165, 1.54) is 31.3 Å². The van der Waals surface area contributed by atoms with E-state index in [1.54, 1.807) is 13.2 Å². The van der Waals surface area contributed by atoms with Crippen molar-refractivity contribution in [1.82, 2.24) is 5.32 Å². The van der Waals surface area contributed by atoms with Gasteiger partial charge in [0.2, 0.25) is 0 Å². The number of benzene rings is 3. The number of guanidine groups is 1. The number of aliphatic hydroxyl groups excluding tert-OH is 1. The van der Waals surface area contributed by atoms with Gasteiger partial charge < -0.3 is 35.8 Å². The Labute approximate surface area is 392 Å². The van der Waals surface area contributed by atoms with Crippen molar-refractivity contribution in [2.75, 3.05) is 20.3 Å². The summed E-state index contributed by atoms with van der Waals surface area (Å²) in [4.78, 5) is 18.7. The number of aryl methyl sites for hydroxylation is 1. The Kier molecular flexibility index (Phi) is 14.6. The summed E-state index contributed by atoms with van der Waals surface area (Å²) in [6.45, 7) is 3.13. The molecule has 0 saturated heterocycles. The van der Waals surface area contributed by atoms with Gasteiger partial charge in [-0.05, 0) is 158 Å². The number of nitrogens with one attached hydrogen (secondary N) is 1. The summed E-state index contributed by atoms with van der Waals surface area (Å²) in [5, 5.41) is 38.2. The van der Waals surface area contributed by atoms with Crippen molar-refractivity contribution in [3.05, 3.63) is 111 Å². The van der Waals surface area contributed by atoms with Gasteiger partial charge in [0.1, 0.15) is 5.75 Å². The lowest BCUT2D eigenvalue weighted by atomic mass is 9.55. The minimum absolute atomic E-state index is 0.00406. The fourth-order valence-electron chi connectivity index (χ4n) is 12.8. The van der Waals surface area contributed by atoms with Crippen LogP contribution in [0.2, 0.25) is 0 Å². The van der Waals surface area contributed by atoms with Gasteiger partial charge in [0, 0.05) is 49.0 Å². The summed E-state index contributed by atoms with van der Waals surface area (Å²) in [5.41, 5.74) is 15.8. The van der Waals surface area contributed by atoms with Crippen molar-refractivity contribution in [2.24, 2.45) is 40.3 Å². The van der Waals surface area contributed by atoms with Gasteiger partial charge in [-0.1, -0.05) is 86.4 Å². The van der Waals surface area contributed by atoms with E-state index >= 15 is 0 Å². The van der Waals surface area contributed by atoms with Gasteiger partial charge in [0.15, 0.2) is 23.2 Å². The minimum atomic E-state index is -0.187. The van der Waals surface area contributed by atoms with Crippen LogP contribution in [-0.4, -0.2) is 59.5 Å². The van der Waals surface area contributed by atoms with Gasteiger partial charge >= 0.3 is 0 Å². The smallest absolute Gasteiger partial charge is 0.189 e. The average molecular weight is 894 g/mol. The molecule has 0 radical (unpaired) electrons. The SMILES string of the molecule is COCC1C2C=C3C4CC(C)CC3C1c1c(O)c(OC3CCCC3)cc(CCC(=O)C=C(CO)CCC3CCCC3)c1C#CCC(C2)NC(N)=NCc1cccc(c1)Cc1cc(O)cc4c1. The maximum Gasteiger partial charge on any atom is 0.189 e. The molecule has 7 atom stereocenters. The second-order valence-electron chi connectivity index (χ2n) is 20.7. The van der Waals surface area contributed by atoms with E-state index in [0.29, 0.717) is 56.0 Å². The molecule has 9 nitrogen and oxygen atoms in total. The van der Waals surface area contributed by atoms with Gasteiger partial charge in [-0.2, -0.15) is 0 Å². The number of hydrogen-bond donors (Lipinski definition) is 5. The van der Waals surface area contributed by atoms with Crippen LogP contribution in [0, 0.1) is 41.4 Å². The minimum Gasteiger partial charge on any atom is -0.508 e. The predicted octanol–water partition coefficient (Wildman–Crippen LogP) is 10.1. The Morgan fingerprint density at radius 1 is 0.970 bits per heavy atom. The molecule has 6 N–H and O–H groups in total. The van der Waals surface area contributed by atoms with Crippen molar-refractivity contribution in [3.63, 3.8) is 0 Å². The van der Waals surface area contributed by atoms with Crippen molar-refractivity contribution < 1.29 is 29.6 Å². The number of nitrogens with two attached hydrogens (primary N) is 1. The molecule has 3 fully saturated rings. The normalized spacial score (nSPS) is 26.7. The molecule has 8 bridgehead atoms. The van der Waals surface area contributed by atoms with Crippen LogP contribution >= 0.6 is 0 Å². The van der Waals surface area contributed by atoms with E-state index in [4.69, 9.17) is 20.2 Å². The van der Waals surface area contributed by atoms with E-state index in [9.17, 15) is 20.1 Å². The molecular formula is C57H71N3O6. The number of nitrogens with zero attached hydrogens (tertiary/aromatic N) is 1. The highest BCUT2D eigenvalue weighted by atomic mass is 16.5. The molecule has 7 unspecified atom stereocenters. The zero-order chi connectivity index (χ0) is 45.7. The number of fused-ring (bicyclic) bond motifs is 10. The lowest BCUT2D eigenvalue weighted by Crippen LogP contribution is -2.45. The largest absolute Gasteiger partial charge is 0.508 e. The van der Waals surface area contributed by atoms with Crippen LogP contribution < -0.4 is 15.8 Å². The molecule has 6 aliphatic rings. The van der Waals surface area contributed by atoms with Crippen molar-refractivity contribution in [2.45, 2.75) is 147 Å². The molecule has 1 heterocycles. The molecule has 66 heavy (non-hydrogen) atoms. The molecule has 3 saturated carbocycles. The standard InChI is InChI=1S/C57H71N3O6/c1-35-21-49-42-25-40(27-46(63)29-42)24-37-11-7-12-38(23-37)32-59-57(58)60-44-13-8-16-48-41(19-20-45(62)26-39(33-61)18-17-36-9-3-4-10-36)31-53(66-47-14-5-6-15-47)56(64)55(48)54-51(22-35)50(49)30-43(28-44)52(54)34-65-2/h7,11-12,23,25-27,29-31,35-36,43-44,47,49,51-52,54,61,63-64H,3-6,9-10,13-15,17-22,24,28,32-34H2,1-2H3,(H3,58,59,60). The number of carbonyl (C=O) groups is 1. The zero-order valence-corrected chi connectivity index (χ0v) is 39.2. The van der Waals surface area contributed by atoms with Crippen LogP contribution in [0.25, 0.3) is 0 Å². The van der Waals surface area contributed by atoms with Crippen molar-refractivity contribution in [1.29, 1.82) is 0 Å². The van der Waals surface area contributed by atoms with Crippen LogP contribution in [0.3, 0.4) is 0 Å². The number of ketones is 1. The Bertz CT molecular complexity index is 2400. The first-order chi connectivity index (χ1) is 32.1. The summed E-state index contributed by atoms with van der Waals surface area (Å²) in [5.74, 6) is 9.38.